The third-order valence-corrected chi connectivity index (χ3v) is 10.4. The van der Waals surface area contributed by atoms with Crippen molar-refractivity contribution in [3.8, 4) is 78.8 Å². The summed E-state index contributed by atoms with van der Waals surface area (Å²) in [5, 5.41) is 2.16. The van der Waals surface area contributed by atoms with Crippen molar-refractivity contribution in [3.05, 3.63) is 200 Å². The monoisotopic (exact) mass is 729 g/mol. The van der Waals surface area contributed by atoms with E-state index >= 15 is 0 Å². The molecule has 0 saturated heterocycles. The maximum absolute atomic E-state index is 5.11. The minimum Gasteiger partial charge on any atom is -0.251 e. The Morgan fingerprint density at radius 3 is 1.23 bits per heavy atom. The lowest BCUT2D eigenvalue weighted by atomic mass is 9.96. The zero-order valence-corrected chi connectivity index (χ0v) is 31.2. The lowest BCUT2D eigenvalue weighted by Crippen LogP contribution is -2.00. The number of fused-ring (bicyclic) bond motifs is 3. The molecule has 0 unspecified atom stereocenters. The fourth-order valence-electron chi connectivity index (χ4n) is 7.45. The van der Waals surface area contributed by atoms with E-state index < -0.39 is 0 Å². The SMILES string of the molecule is Cc1cc(-c2ccc(-c3ccc(-c4nc(-c5ccccc5)nc(-c5ccc(-c6ccccc6)cc5)n4)cc3)cc2)c2ccc3ccc(-c4ccccc4)nc3c2n1. The Balaban J connectivity index is 0.965. The van der Waals surface area contributed by atoms with Gasteiger partial charge >= 0.3 is 0 Å². The Labute approximate surface area is 331 Å². The number of pyridine rings is 2. The molecule has 0 fully saturated rings. The Hall–Kier alpha value is -7.63. The van der Waals surface area contributed by atoms with Crippen LogP contribution in [0.15, 0.2) is 194 Å². The highest BCUT2D eigenvalue weighted by atomic mass is 15.0. The molecule has 10 rings (SSSR count). The summed E-state index contributed by atoms with van der Waals surface area (Å²) in [6, 6.07) is 67.1. The molecule has 0 spiro atoms. The predicted molar refractivity (Wildman–Crippen MR) is 233 cm³/mol. The van der Waals surface area contributed by atoms with Crippen LogP contribution in [0.3, 0.4) is 0 Å². The summed E-state index contributed by atoms with van der Waals surface area (Å²) >= 11 is 0. The van der Waals surface area contributed by atoms with E-state index in [0.717, 1.165) is 83.3 Å². The van der Waals surface area contributed by atoms with Gasteiger partial charge in [0.1, 0.15) is 0 Å². The minimum absolute atomic E-state index is 0.630. The quantitative estimate of drug-likeness (QED) is 0.153. The van der Waals surface area contributed by atoms with Crippen molar-refractivity contribution < 1.29 is 0 Å². The Morgan fingerprint density at radius 1 is 0.298 bits per heavy atom. The van der Waals surface area contributed by atoms with E-state index in [1.807, 2.05) is 54.6 Å². The number of rotatable bonds is 7. The van der Waals surface area contributed by atoms with Crippen molar-refractivity contribution in [1.29, 1.82) is 0 Å². The van der Waals surface area contributed by atoms with Gasteiger partial charge in [0.2, 0.25) is 0 Å². The largest absolute Gasteiger partial charge is 0.251 e. The average molecular weight is 730 g/mol. The van der Waals surface area contributed by atoms with Crippen LogP contribution in [-0.4, -0.2) is 24.9 Å². The van der Waals surface area contributed by atoms with Crippen molar-refractivity contribution >= 4 is 21.8 Å². The molecule has 0 atom stereocenters. The van der Waals surface area contributed by atoms with Gasteiger partial charge in [0.25, 0.3) is 0 Å². The Morgan fingerprint density at radius 2 is 0.702 bits per heavy atom. The second kappa shape index (κ2) is 14.5. The Kier molecular flexibility index (Phi) is 8.65. The molecule has 0 aliphatic heterocycles. The summed E-state index contributed by atoms with van der Waals surface area (Å²) in [6.07, 6.45) is 0. The van der Waals surface area contributed by atoms with Gasteiger partial charge in [-0.3, -0.25) is 4.98 Å². The van der Waals surface area contributed by atoms with E-state index in [0.29, 0.717) is 17.5 Å². The molecule has 3 aromatic heterocycles. The highest BCUT2D eigenvalue weighted by Crippen LogP contribution is 2.35. The number of hydrogen-bond donors (Lipinski definition) is 0. The highest BCUT2D eigenvalue weighted by Gasteiger charge is 2.15. The highest BCUT2D eigenvalue weighted by molar-refractivity contribution is 6.08. The lowest BCUT2D eigenvalue weighted by molar-refractivity contribution is 1.07. The van der Waals surface area contributed by atoms with Gasteiger partial charge in [-0.2, -0.15) is 0 Å². The second-order valence-corrected chi connectivity index (χ2v) is 14.2. The van der Waals surface area contributed by atoms with Gasteiger partial charge in [0.15, 0.2) is 17.5 Å². The first kappa shape index (κ1) is 33.9. The summed E-state index contributed by atoms with van der Waals surface area (Å²) in [7, 11) is 0. The molecule has 0 radical (unpaired) electrons. The van der Waals surface area contributed by atoms with E-state index in [1.165, 1.54) is 5.56 Å². The van der Waals surface area contributed by atoms with E-state index in [9.17, 15) is 0 Å². The maximum atomic E-state index is 5.11. The van der Waals surface area contributed by atoms with Crippen molar-refractivity contribution in [1.82, 2.24) is 24.9 Å². The molecule has 0 saturated carbocycles. The normalized spacial score (nSPS) is 11.2. The zero-order chi connectivity index (χ0) is 38.1. The summed E-state index contributed by atoms with van der Waals surface area (Å²) in [5.41, 5.74) is 14.4. The van der Waals surface area contributed by atoms with Crippen LogP contribution in [0.4, 0.5) is 0 Å². The third kappa shape index (κ3) is 6.72. The molecule has 10 aromatic rings. The van der Waals surface area contributed by atoms with Crippen LogP contribution < -0.4 is 0 Å². The topological polar surface area (TPSA) is 64.5 Å². The van der Waals surface area contributed by atoms with Crippen LogP contribution in [-0.2, 0) is 0 Å². The maximum Gasteiger partial charge on any atom is 0.164 e. The van der Waals surface area contributed by atoms with Crippen molar-refractivity contribution in [3.63, 3.8) is 0 Å². The van der Waals surface area contributed by atoms with Crippen LogP contribution in [0.2, 0.25) is 0 Å². The summed E-state index contributed by atoms with van der Waals surface area (Å²) in [6.45, 7) is 2.05. The van der Waals surface area contributed by atoms with E-state index in [-0.39, 0.29) is 0 Å². The van der Waals surface area contributed by atoms with Gasteiger partial charge in [-0.05, 0) is 52.4 Å². The van der Waals surface area contributed by atoms with Crippen molar-refractivity contribution in [2.75, 3.05) is 0 Å². The number of aryl methyl sites for hydroxylation is 1. The number of hydrogen-bond acceptors (Lipinski definition) is 5. The van der Waals surface area contributed by atoms with Gasteiger partial charge in [-0.15, -0.1) is 0 Å². The Bertz CT molecular complexity index is 3020. The fraction of sp³-hybridized carbons (Fsp3) is 0.0192. The van der Waals surface area contributed by atoms with Gasteiger partial charge in [0.05, 0.1) is 16.7 Å². The molecule has 0 bridgehead atoms. The summed E-state index contributed by atoms with van der Waals surface area (Å²) < 4.78 is 0. The molecule has 268 valence electrons. The molecule has 57 heavy (non-hydrogen) atoms. The standard InChI is InChI=1S/C52H35N5/c1-34-33-46(45-31-29-41-30-32-47(40-13-7-3-8-14-40)54-48(41)49(45)53-34)39-23-17-37(18-24-39)38-21-27-44(28-22-38)52-56-50(42-15-9-4-10-16-42)55-51(57-52)43-25-19-36(20-26-43)35-11-5-2-6-12-35/h2-33H,1H3. The molecule has 0 aliphatic carbocycles. The first-order valence-electron chi connectivity index (χ1n) is 19.1. The molecule has 7 aromatic carbocycles. The van der Waals surface area contributed by atoms with Crippen LogP contribution in [0.1, 0.15) is 5.69 Å². The first-order chi connectivity index (χ1) is 28.1. The summed E-state index contributed by atoms with van der Waals surface area (Å²) in [5.74, 6) is 1.91. The van der Waals surface area contributed by atoms with E-state index in [2.05, 4.69) is 146 Å². The predicted octanol–water partition coefficient (Wildman–Crippen LogP) is 12.9. The van der Waals surface area contributed by atoms with Crippen LogP contribution in [0.5, 0.6) is 0 Å². The van der Waals surface area contributed by atoms with Gasteiger partial charge < -0.3 is 0 Å². The molecule has 0 amide bonds. The fourth-order valence-corrected chi connectivity index (χ4v) is 7.45. The van der Waals surface area contributed by atoms with Gasteiger partial charge in [0, 0.05) is 38.7 Å². The van der Waals surface area contributed by atoms with E-state index in [1.54, 1.807) is 0 Å². The zero-order valence-electron chi connectivity index (χ0n) is 31.2. The molecular formula is C52H35N5. The van der Waals surface area contributed by atoms with Crippen LogP contribution in [0, 0.1) is 6.92 Å². The number of benzene rings is 7. The summed E-state index contributed by atoms with van der Waals surface area (Å²) in [4.78, 5) is 25.0. The minimum atomic E-state index is 0.630. The molecule has 5 heteroatoms. The molecule has 5 nitrogen and oxygen atoms in total. The molecule has 0 N–H and O–H groups in total. The molecule has 0 aliphatic rings. The van der Waals surface area contributed by atoms with Crippen molar-refractivity contribution in [2.45, 2.75) is 6.92 Å². The lowest BCUT2D eigenvalue weighted by Gasteiger charge is -2.12. The number of aromatic nitrogens is 5. The van der Waals surface area contributed by atoms with Gasteiger partial charge in [-0.25, -0.2) is 19.9 Å². The van der Waals surface area contributed by atoms with Crippen LogP contribution in [0.25, 0.3) is 101 Å². The third-order valence-electron chi connectivity index (χ3n) is 10.4. The smallest absolute Gasteiger partial charge is 0.164 e. The van der Waals surface area contributed by atoms with E-state index in [4.69, 9.17) is 24.9 Å². The first-order valence-corrected chi connectivity index (χ1v) is 19.1. The average Bonchev–Trinajstić information content (AvgIpc) is 3.29. The van der Waals surface area contributed by atoms with Crippen LogP contribution >= 0.6 is 0 Å². The molecule has 3 heterocycles. The van der Waals surface area contributed by atoms with Gasteiger partial charge in [-0.1, -0.05) is 182 Å². The second-order valence-electron chi connectivity index (χ2n) is 14.2. The van der Waals surface area contributed by atoms with Crippen molar-refractivity contribution in [2.24, 2.45) is 0 Å². The number of nitrogens with zero attached hydrogens (tertiary/aromatic N) is 5. The molecular weight excluding hydrogens is 695 g/mol.